The maximum absolute atomic E-state index is 6.26. The largest absolute Gasteiger partial charge is 0.309 e. The molecule has 84 valence electrons. The predicted molar refractivity (Wildman–Crippen MR) is 69.9 cm³/mol. The summed E-state index contributed by atoms with van der Waals surface area (Å²) in [6.45, 7) is 8.90. The fourth-order valence-corrected chi connectivity index (χ4v) is 2.98. The molecule has 1 heterocycles. The molecule has 1 atom stereocenters. The van der Waals surface area contributed by atoms with Crippen LogP contribution in [0.4, 0.5) is 0 Å². The molecular formula is C12H18ClNS. The molecule has 0 fully saturated rings. The lowest BCUT2D eigenvalue weighted by Gasteiger charge is -2.16. The van der Waals surface area contributed by atoms with Crippen molar-refractivity contribution in [2.45, 2.75) is 32.7 Å². The third kappa shape index (κ3) is 3.33. The topological polar surface area (TPSA) is 12.0 Å². The van der Waals surface area contributed by atoms with Crippen molar-refractivity contribution in [1.29, 1.82) is 0 Å². The first-order valence-corrected chi connectivity index (χ1v) is 6.54. The van der Waals surface area contributed by atoms with E-state index in [1.54, 1.807) is 11.3 Å². The maximum Gasteiger partial charge on any atom is 0.0590 e. The van der Waals surface area contributed by atoms with Crippen LogP contribution in [0.3, 0.4) is 0 Å². The quantitative estimate of drug-likeness (QED) is 0.734. The van der Waals surface area contributed by atoms with E-state index in [-0.39, 0.29) is 0 Å². The highest BCUT2D eigenvalue weighted by atomic mass is 35.5. The van der Waals surface area contributed by atoms with Gasteiger partial charge in [0.1, 0.15) is 0 Å². The minimum absolute atomic E-state index is 0.374. The van der Waals surface area contributed by atoms with Crippen molar-refractivity contribution in [3.8, 4) is 0 Å². The minimum Gasteiger partial charge on any atom is -0.309 e. The molecule has 0 saturated heterocycles. The third-order valence-electron chi connectivity index (χ3n) is 2.35. The Balaban J connectivity index is 2.78. The van der Waals surface area contributed by atoms with Gasteiger partial charge >= 0.3 is 0 Å². The van der Waals surface area contributed by atoms with Crippen molar-refractivity contribution < 1.29 is 0 Å². The van der Waals surface area contributed by atoms with E-state index in [1.165, 1.54) is 10.4 Å². The third-order valence-corrected chi connectivity index (χ3v) is 4.18. The fourth-order valence-electron chi connectivity index (χ4n) is 1.54. The van der Waals surface area contributed by atoms with E-state index in [0.29, 0.717) is 6.04 Å². The molecule has 1 aromatic heterocycles. The van der Waals surface area contributed by atoms with Crippen molar-refractivity contribution in [2.24, 2.45) is 0 Å². The van der Waals surface area contributed by atoms with Crippen molar-refractivity contribution in [1.82, 2.24) is 5.32 Å². The van der Waals surface area contributed by atoms with Crippen molar-refractivity contribution in [3.63, 3.8) is 0 Å². The molecule has 0 aromatic carbocycles. The smallest absolute Gasteiger partial charge is 0.0590 e. The van der Waals surface area contributed by atoms with Gasteiger partial charge in [0.25, 0.3) is 0 Å². The van der Waals surface area contributed by atoms with Crippen LogP contribution in [0, 0.1) is 6.92 Å². The molecule has 1 unspecified atom stereocenters. The van der Waals surface area contributed by atoms with Gasteiger partial charge in [0.05, 0.1) is 5.02 Å². The van der Waals surface area contributed by atoms with Crippen LogP contribution < -0.4 is 5.32 Å². The van der Waals surface area contributed by atoms with Crippen molar-refractivity contribution in [2.75, 3.05) is 6.54 Å². The van der Waals surface area contributed by atoms with Gasteiger partial charge in [-0.2, -0.15) is 0 Å². The average molecular weight is 244 g/mol. The highest BCUT2D eigenvalue weighted by molar-refractivity contribution is 7.10. The van der Waals surface area contributed by atoms with Crippen LogP contribution in [0.5, 0.6) is 0 Å². The summed E-state index contributed by atoms with van der Waals surface area (Å²) >= 11 is 8.01. The van der Waals surface area contributed by atoms with Crippen molar-refractivity contribution in [3.05, 3.63) is 33.5 Å². The van der Waals surface area contributed by atoms with Gasteiger partial charge in [-0.05, 0) is 37.3 Å². The second kappa shape index (κ2) is 6.31. The van der Waals surface area contributed by atoms with Gasteiger partial charge < -0.3 is 5.32 Å². The first-order chi connectivity index (χ1) is 7.20. The van der Waals surface area contributed by atoms with Crippen LogP contribution in [-0.2, 0) is 0 Å². The number of hydrogen-bond acceptors (Lipinski definition) is 2. The summed E-state index contributed by atoms with van der Waals surface area (Å²) < 4.78 is 0. The van der Waals surface area contributed by atoms with Crippen LogP contribution in [0.15, 0.2) is 18.0 Å². The summed E-state index contributed by atoms with van der Waals surface area (Å²) in [5, 5.41) is 6.51. The fraction of sp³-hybridized carbons (Fsp3) is 0.500. The molecule has 0 bridgehead atoms. The summed E-state index contributed by atoms with van der Waals surface area (Å²) in [7, 11) is 0. The summed E-state index contributed by atoms with van der Waals surface area (Å²) in [6.07, 6.45) is 4.04. The Morgan fingerprint density at radius 1 is 1.67 bits per heavy atom. The number of hydrogen-bond donors (Lipinski definition) is 1. The number of allylic oxidation sites excluding steroid dienone is 1. The lowest BCUT2D eigenvalue weighted by Crippen LogP contribution is -2.20. The van der Waals surface area contributed by atoms with E-state index >= 15 is 0 Å². The second-order valence-corrected chi connectivity index (χ2v) is 4.86. The lowest BCUT2D eigenvalue weighted by atomic mass is 10.1. The first kappa shape index (κ1) is 12.8. The van der Waals surface area contributed by atoms with Crippen molar-refractivity contribution >= 4 is 22.9 Å². The lowest BCUT2D eigenvalue weighted by molar-refractivity contribution is 0.527. The highest BCUT2D eigenvalue weighted by Crippen LogP contribution is 2.34. The molecule has 0 aliphatic heterocycles. The standard InChI is InChI=1S/C12H18ClNS/c1-4-6-7-10(14-5-2)12-11(13)9(3)8-15-12/h4,8,10,14H,1,5-7H2,2-3H3. The Morgan fingerprint density at radius 2 is 2.40 bits per heavy atom. The SMILES string of the molecule is C=CCCC(NCC)c1scc(C)c1Cl. The van der Waals surface area contributed by atoms with Gasteiger partial charge in [-0.25, -0.2) is 0 Å². The minimum atomic E-state index is 0.374. The van der Waals surface area contributed by atoms with Gasteiger partial charge in [-0.1, -0.05) is 24.6 Å². The molecule has 0 aliphatic rings. The maximum atomic E-state index is 6.26. The number of aryl methyl sites for hydroxylation is 1. The normalized spacial score (nSPS) is 12.7. The van der Waals surface area contributed by atoms with Crippen LogP contribution in [0.25, 0.3) is 0 Å². The van der Waals surface area contributed by atoms with E-state index in [2.05, 4.69) is 31.1 Å². The van der Waals surface area contributed by atoms with E-state index in [0.717, 1.165) is 24.4 Å². The van der Waals surface area contributed by atoms with Gasteiger partial charge in [0.15, 0.2) is 0 Å². The van der Waals surface area contributed by atoms with E-state index < -0.39 is 0 Å². The molecule has 1 N–H and O–H groups in total. The van der Waals surface area contributed by atoms with Crippen LogP contribution >= 0.6 is 22.9 Å². The number of rotatable bonds is 6. The number of nitrogens with one attached hydrogen (secondary N) is 1. The summed E-state index contributed by atoms with van der Waals surface area (Å²) in [6, 6.07) is 0.374. The zero-order valence-corrected chi connectivity index (χ0v) is 10.9. The zero-order chi connectivity index (χ0) is 11.3. The summed E-state index contributed by atoms with van der Waals surface area (Å²) in [5.74, 6) is 0. The Kier molecular flexibility index (Phi) is 5.37. The molecule has 1 nitrogen and oxygen atoms in total. The number of halogens is 1. The highest BCUT2D eigenvalue weighted by Gasteiger charge is 2.16. The van der Waals surface area contributed by atoms with Gasteiger partial charge in [-0.15, -0.1) is 17.9 Å². The predicted octanol–water partition coefficient (Wildman–Crippen LogP) is 4.33. The molecule has 15 heavy (non-hydrogen) atoms. The molecule has 0 radical (unpaired) electrons. The molecule has 1 aromatic rings. The van der Waals surface area contributed by atoms with E-state index in [1.807, 2.05) is 6.08 Å². The Hall–Kier alpha value is -0.310. The number of thiophene rings is 1. The monoisotopic (exact) mass is 243 g/mol. The molecule has 0 aliphatic carbocycles. The van der Waals surface area contributed by atoms with Crippen LogP contribution in [0.2, 0.25) is 5.02 Å². The van der Waals surface area contributed by atoms with E-state index in [9.17, 15) is 0 Å². The van der Waals surface area contributed by atoms with E-state index in [4.69, 9.17) is 11.6 Å². The second-order valence-electron chi connectivity index (χ2n) is 3.57. The van der Waals surface area contributed by atoms with Gasteiger partial charge in [0, 0.05) is 10.9 Å². The molecule has 3 heteroatoms. The van der Waals surface area contributed by atoms with Crippen LogP contribution in [0.1, 0.15) is 36.2 Å². The zero-order valence-electron chi connectivity index (χ0n) is 9.35. The molecule has 0 spiro atoms. The Morgan fingerprint density at radius 3 is 2.87 bits per heavy atom. The summed E-state index contributed by atoms with van der Waals surface area (Å²) in [4.78, 5) is 1.26. The molecule has 0 amide bonds. The molecule has 1 rings (SSSR count). The Labute approximate surface area is 101 Å². The van der Waals surface area contributed by atoms with Gasteiger partial charge in [-0.3, -0.25) is 0 Å². The van der Waals surface area contributed by atoms with Gasteiger partial charge in [0.2, 0.25) is 0 Å². The average Bonchev–Trinajstić information content (AvgIpc) is 2.55. The molecule has 0 saturated carbocycles. The first-order valence-electron chi connectivity index (χ1n) is 5.28. The summed E-state index contributed by atoms with van der Waals surface area (Å²) in [5.41, 5.74) is 1.18. The molecular weight excluding hydrogens is 226 g/mol. The van der Waals surface area contributed by atoms with Crippen LogP contribution in [-0.4, -0.2) is 6.54 Å². The Bertz CT molecular complexity index is 319.